The quantitative estimate of drug-likeness (QED) is 0.427. The van der Waals surface area contributed by atoms with Crippen LogP contribution in [-0.4, -0.2) is 12.6 Å². The molecule has 0 N–H and O–H groups in total. The number of hydrogen-bond donors (Lipinski definition) is 0. The summed E-state index contributed by atoms with van der Waals surface area (Å²) in [7, 11) is 3.02. The van der Waals surface area contributed by atoms with Gasteiger partial charge in [-0.15, -0.1) is 0 Å². The maximum absolute atomic E-state index is 10.7. The predicted molar refractivity (Wildman–Crippen MR) is 83.7 cm³/mol. The van der Waals surface area contributed by atoms with E-state index in [1.165, 1.54) is 0 Å². The first-order chi connectivity index (χ1) is 7.83. The van der Waals surface area contributed by atoms with Crippen molar-refractivity contribution in [1.82, 2.24) is 0 Å². The van der Waals surface area contributed by atoms with Crippen molar-refractivity contribution in [1.29, 1.82) is 0 Å². The van der Waals surface area contributed by atoms with Gasteiger partial charge in [-0.05, 0) is 5.56 Å². The standard InChI is InChI=1S/C11H13O3.C2H6.3CH4.Y/c1-13-11(12)7-8-14-9-10-5-3-2-4-6-10;1-2;;;;/h2-6H,1,7-9H2;1-2H3;3*1H4;/q-1;;;;;. The molecular formula is C16H31O3Y-. The van der Waals surface area contributed by atoms with Gasteiger partial charge < -0.3 is 9.47 Å². The van der Waals surface area contributed by atoms with Crippen LogP contribution < -0.4 is 0 Å². The molecule has 1 radical (unpaired) electrons. The monoisotopic (exact) mass is 360 g/mol. The normalized spacial score (nSPS) is 7.15. The summed E-state index contributed by atoms with van der Waals surface area (Å²) in [5.74, 6) is -0.349. The van der Waals surface area contributed by atoms with Gasteiger partial charge in [-0.3, -0.25) is 4.79 Å². The van der Waals surface area contributed by atoms with Crippen LogP contribution in [0.25, 0.3) is 0 Å². The Labute approximate surface area is 151 Å². The third-order valence-corrected chi connectivity index (χ3v) is 1.72. The van der Waals surface area contributed by atoms with Gasteiger partial charge in [0.15, 0.2) is 0 Å². The fourth-order valence-electron chi connectivity index (χ4n) is 0.992. The van der Waals surface area contributed by atoms with E-state index in [1.807, 2.05) is 44.2 Å². The van der Waals surface area contributed by atoms with Gasteiger partial charge in [0, 0.05) is 32.7 Å². The van der Waals surface area contributed by atoms with Gasteiger partial charge in [0.05, 0.1) is 19.6 Å². The number of hydrogen-bond acceptors (Lipinski definition) is 3. The van der Waals surface area contributed by atoms with Gasteiger partial charge in [0.1, 0.15) is 0 Å². The Morgan fingerprint density at radius 2 is 1.60 bits per heavy atom. The first kappa shape index (κ1) is 31.9. The molecule has 0 saturated heterocycles. The zero-order chi connectivity index (χ0) is 12.2. The molecule has 4 heteroatoms. The van der Waals surface area contributed by atoms with Crippen LogP contribution in [0, 0.1) is 7.11 Å². The summed E-state index contributed by atoms with van der Waals surface area (Å²) in [5, 5.41) is 0. The maximum Gasteiger partial charge on any atom is 0.276 e. The molecule has 0 amide bonds. The SMILES string of the molecule is C.C.C.CC.[CH2-]OC(=O)CCOCc1ccccc1.[Y]. The number of carbonyl (C=O) groups is 1. The topological polar surface area (TPSA) is 35.5 Å². The zero-order valence-electron chi connectivity index (χ0n) is 10.5. The molecule has 0 bridgehead atoms. The Kier molecular flexibility index (Phi) is 38.0. The Balaban J connectivity index is -0.000000119. The molecule has 0 unspecified atom stereocenters. The van der Waals surface area contributed by atoms with Gasteiger partial charge in [-0.2, -0.15) is 7.11 Å². The van der Waals surface area contributed by atoms with E-state index in [-0.39, 0.29) is 67.4 Å². The van der Waals surface area contributed by atoms with Crippen molar-refractivity contribution in [2.75, 3.05) is 6.61 Å². The molecule has 20 heavy (non-hydrogen) atoms. The van der Waals surface area contributed by atoms with Crippen LogP contribution in [-0.2, 0) is 53.6 Å². The van der Waals surface area contributed by atoms with Crippen LogP contribution in [0.1, 0.15) is 48.1 Å². The Bertz CT molecular complexity index is 276. The van der Waals surface area contributed by atoms with Crippen molar-refractivity contribution >= 4 is 5.97 Å². The van der Waals surface area contributed by atoms with Crippen molar-refractivity contribution in [3.05, 3.63) is 43.0 Å². The maximum atomic E-state index is 10.7. The van der Waals surface area contributed by atoms with Gasteiger partial charge in [-0.25, -0.2) is 0 Å². The molecule has 0 saturated carbocycles. The number of esters is 1. The summed E-state index contributed by atoms with van der Waals surface area (Å²) in [4.78, 5) is 10.7. The van der Waals surface area contributed by atoms with E-state index in [4.69, 9.17) is 4.74 Å². The largest absolute Gasteiger partial charge is 0.640 e. The molecule has 1 aromatic rings. The first-order valence-electron chi connectivity index (χ1n) is 5.39. The van der Waals surface area contributed by atoms with Crippen LogP contribution in [0.2, 0.25) is 0 Å². The molecule has 0 fully saturated rings. The van der Waals surface area contributed by atoms with Gasteiger partial charge in [-0.1, -0.05) is 66.5 Å². The molecule has 1 rings (SSSR count). The summed E-state index contributed by atoms with van der Waals surface area (Å²) >= 11 is 0. The number of carbonyl (C=O) groups excluding carboxylic acids is 1. The Morgan fingerprint density at radius 1 is 1.10 bits per heavy atom. The van der Waals surface area contributed by atoms with E-state index in [0.29, 0.717) is 13.2 Å². The van der Waals surface area contributed by atoms with Gasteiger partial charge in [0.2, 0.25) is 0 Å². The number of benzene rings is 1. The smallest absolute Gasteiger partial charge is 0.276 e. The molecular weight excluding hydrogens is 329 g/mol. The number of rotatable bonds is 5. The van der Waals surface area contributed by atoms with E-state index < -0.39 is 0 Å². The van der Waals surface area contributed by atoms with Crippen LogP contribution in [0.5, 0.6) is 0 Å². The molecule has 0 aliphatic carbocycles. The molecule has 0 heterocycles. The van der Waals surface area contributed by atoms with Crippen LogP contribution in [0.3, 0.4) is 0 Å². The second-order valence-corrected chi connectivity index (χ2v) is 2.80. The van der Waals surface area contributed by atoms with Crippen LogP contribution in [0.15, 0.2) is 30.3 Å². The second-order valence-electron chi connectivity index (χ2n) is 2.80. The van der Waals surface area contributed by atoms with Crippen molar-refractivity contribution in [3.63, 3.8) is 0 Å². The van der Waals surface area contributed by atoms with Gasteiger partial charge >= 0.3 is 0 Å². The van der Waals surface area contributed by atoms with Crippen molar-refractivity contribution in [2.45, 2.75) is 49.2 Å². The van der Waals surface area contributed by atoms with E-state index in [1.54, 1.807) is 0 Å². The molecule has 0 atom stereocenters. The number of ether oxygens (including phenoxy) is 2. The average molecular weight is 360 g/mol. The Morgan fingerprint density at radius 3 is 2.05 bits per heavy atom. The molecule has 0 spiro atoms. The zero-order valence-corrected chi connectivity index (χ0v) is 13.4. The molecule has 1 aromatic carbocycles. The van der Waals surface area contributed by atoms with Crippen LogP contribution in [0.4, 0.5) is 0 Å². The van der Waals surface area contributed by atoms with Crippen molar-refractivity contribution < 1.29 is 47.0 Å². The van der Waals surface area contributed by atoms with E-state index >= 15 is 0 Å². The third-order valence-electron chi connectivity index (χ3n) is 1.72. The summed E-state index contributed by atoms with van der Waals surface area (Å²) in [6.07, 6.45) is 0.246. The first-order valence-corrected chi connectivity index (χ1v) is 5.39. The minimum Gasteiger partial charge on any atom is -0.640 e. The van der Waals surface area contributed by atoms with Gasteiger partial charge in [0.25, 0.3) is 5.97 Å². The average Bonchev–Trinajstić information content (AvgIpc) is 2.38. The summed E-state index contributed by atoms with van der Waals surface area (Å²) < 4.78 is 9.50. The molecule has 0 aliphatic rings. The summed E-state index contributed by atoms with van der Waals surface area (Å²) in [6.45, 7) is 4.88. The minimum atomic E-state index is -0.349. The third kappa shape index (κ3) is 17.8. The van der Waals surface area contributed by atoms with Crippen molar-refractivity contribution in [2.24, 2.45) is 0 Å². The second kappa shape index (κ2) is 23.8. The Hall–Kier alpha value is -0.246. The fraction of sp³-hybridized carbons (Fsp3) is 0.500. The molecule has 117 valence electrons. The molecule has 0 aliphatic heterocycles. The van der Waals surface area contributed by atoms with E-state index in [9.17, 15) is 4.79 Å². The van der Waals surface area contributed by atoms with E-state index in [0.717, 1.165) is 5.56 Å². The van der Waals surface area contributed by atoms with Crippen LogP contribution >= 0.6 is 0 Å². The van der Waals surface area contributed by atoms with Crippen molar-refractivity contribution in [3.8, 4) is 0 Å². The minimum absolute atomic E-state index is 0. The predicted octanol–water partition coefficient (Wildman–Crippen LogP) is 4.86. The summed E-state index contributed by atoms with van der Waals surface area (Å²) in [6, 6.07) is 9.79. The van der Waals surface area contributed by atoms with E-state index in [2.05, 4.69) is 11.8 Å². The molecule has 3 nitrogen and oxygen atoms in total. The fourth-order valence-corrected chi connectivity index (χ4v) is 0.992. The molecule has 0 aromatic heterocycles. The summed E-state index contributed by atoms with van der Waals surface area (Å²) in [5.41, 5.74) is 1.09.